The number of ether oxygens (including phenoxy) is 1. The zero-order valence-electron chi connectivity index (χ0n) is 10.7. The minimum Gasteiger partial charge on any atom is -0.468 e. The Kier molecular flexibility index (Phi) is 4.93. The van der Waals surface area contributed by atoms with Crippen LogP contribution in [0.3, 0.4) is 0 Å². The Morgan fingerprint density at radius 2 is 2.16 bits per heavy atom. The monoisotopic (exact) mass is 294 g/mol. The second-order valence-corrected chi connectivity index (χ2v) is 6.31. The molecule has 0 spiro atoms. The van der Waals surface area contributed by atoms with Gasteiger partial charge in [-0.25, -0.2) is 0 Å². The van der Waals surface area contributed by atoms with Crippen LogP contribution in [0.5, 0.6) is 0 Å². The summed E-state index contributed by atoms with van der Waals surface area (Å²) in [6.45, 7) is 2.04. The van der Waals surface area contributed by atoms with Gasteiger partial charge in [-0.15, -0.1) is 10.2 Å². The summed E-state index contributed by atoms with van der Waals surface area (Å²) in [5, 5.41) is 7.44. The fraction of sp³-hybridized carbons (Fsp3) is 0.308. The van der Waals surface area contributed by atoms with Gasteiger partial charge in [0, 0.05) is 0 Å². The molecule has 1 atom stereocenters. The molecule has 0 fully saturated rings. The van der Waals surface area contributed by atoms with Gasteiger partial charge in [-0.05, 0) is 18.9 Å². The lowest BCUT2D eigenvalue weighted by molar-refractivity contribution is -0.139. The maximum absolute atomic E-state index is 11.8. The Balaban J connectivity index is 2.09. The summed E-state index contributed by atoms with van der Waals surface area (Å²) >= 11 is 2.82. The number of hydrogen-bond donors (Lipinski definition) is 0. The summed E-state index contributed by atoms with van der Waals surface area (Å²) in [5.41, 5.74) is 3.97. The first-order valence-electron chi connectivity index (χ1n) is 5.75. The second kappa shape index (κ2) is 6.68. The highest BCUT2D eigenvalue weighted by Crippen LogP contribution is 2.27. The predicted octanol–water partition coefficient (Wildman–Crippen LogP) is 2.72. The van der Waals surface area contributed by atoms with E-state index in [9.17, 15) is 4.79 Å². The van der Waals surface area contributed by atoms with Crippen LogP contribution in [0.15, 0.2) is 34.1 Å². The highest BCUT2D eigenvalue weighted by Gasteiger charge is 2.22. The zero-order valence-corrected chi connectivity index (χ0v) is 12.3. The largest absolute Gasteiger partial charge is 0.468 e. The van der Waals surface area contributed by atoms with Crippen molar-refractivity contribution in [2.24, 2.45) is 0 Å². The van der Waals surface area contributed by atoms with Gasteiger partial charge in [0.2, 0.25) is 0 Å². The molecule has 0 radical (unpaired) electrons. The molecule has 1 aromatic carbocycles. The first-order chi connectivity index (χ1) is 9.19. The van der Waals surface area contributed by atoms with E-state index in [1.54, 1.807) is 5.51 Å². The van der Waals surface area contributed by atoms with Crippen LogP contribution in [-0.2, 0) is 16.0 Å². The van der Waals surface area contributed by atoms with E-state index in [0.29, 0.717) is 6.42 Å². The quantitative estimate of drug-likeness (QED) is 0.627. The molecule has 0 saturated carbocycles. The number of carbonyl (C=O) groups excluding carboxylic acids is 1. The minimum absolute atomic E-state index is 0.235. The molecule has 0 aliphatic carbocycles. The topological polar surface area (TPSA) is 52.1 Å². The van der Waals surface area contributed by atoms with Crippen molar-refractivity contribution in [3.63, 3.8) is 0 Å². The van der Waals surface area contributed by atoms with Crippen molar-refractivity contribution < 1.29 is 9.53 Å². The molecule has 0 unspecified atom stereocenters. The highest BCUT2D eigenvalue weighted by molar-refractivity contribution is 8.02. The van der Waals surface area contributed by atoms with Crippen LogP contribution in [0.1, 0.15) is 11.1 Å². The molecule has 2 aromatic rings. The molecule has 0 aliphatic rings. The summed E-state index contributed by atoms with van der Waals surface area (Å²) in [6.07, 6.45) is 0.622. The molecular weight excluding hydrogens is 280 g/mol. The van der Waals surface area contributed by atoms with Crippen molar-refractivity contribution in [1.29, 1.82) is 0 Å². The van der Waals surface area contributed by atoms with E-state index >= 15 is 0 Å². The van der Waals surface area contributed by atoms with Crippen LogP contribution in [0.25, 0.3) is 0 Å². The lowest BCUT2D eigenvalue weighted by Gasteiger charge is -2.12. The zero-order chi connectivity index (χ0) is 13.7. The first-order valence-corrected chi connectivity index (χ1v) is 7.51. The third-order valence-corrected chi connectivity index (χ3v) is 4.58. The van der Waals surface area contributed by atoms with Crippen LogP contribution in [0, 0.1) is 6.92 Å². The number of carbonyl (C=O) groups is 1. The van der Waals surface area contributed by atoms with Crippen molar-refractivity contribution in [3.8, 4) is 0 Å². The van der Waals surface area contributed by atoms with Gasteiger partial charge in [-0.3, -0.25) is 4.79 Å². The maximum Gasteiger partial charge on any atom is 0.319 e. The van der Waals surface area contributed by atoms with Crippen molar-refractivity contribution in [3.05, 3.63) is 40.9 Å². The third kappa shape index (κ3) is 4.04. The average Bonchev–Trinajstić information content (AvgIpc) is 2.92. The Morgan fingerprint density at radius 1 is 1.42 bits per heavy atom. The Bertz CT molecular complexity index is 526. The van der Waals surface area contributed by atoms with E-state index < -0.39 is 0 Å². The fourth-order valence-electron chi connectivity index (χ4n) is 1.58. The van der Waals surface area contributed by atoms with Gasteiger partial charge >= 0.3 is 5.97 Å². The molecule has 1 heterocycles. The van der Waals surface area contributed by atoms with Gasteiger partial charge in [0.15, 0.2) is 4.34 Å². The average molecular weight is 294 g/mol. The maximum atomic E-state index is 11.8. The van der Waals surface area contributed by atoms with E-state index in [-0.39, 0.29) is 11.2 Å². The predicted molar refractivity (Wildman–Crippen MR) is 76.5 cm³/mol. The summed E-state index contributed by atoms with van der Waals surface area (Å²) in [4.78, 5) is 11.8. The Hall–Kier alpha value is -1.40. The third-order valence-electron chi connectivity index (χ3n) is 2.59. The van der Waals surface area contributed by atoms with E-state index in [4.69, 9.17) is 4.74 Å². The number of nitrogens with zero attached hydrogens (tertiary/aromatic N) is 2. The number of hydrogen-bond acceptors (Lipinski definition) is 6. The second-order valence-electron chi connectivity index (χ2n) is 4.02. The van der Waals surface area contributed by atoms with Gasteiger partial charge in [-0.1, -0.05) is 52.9 Å². The summed E-state index contributed by atoms with van der Waals surface area (Å²) in [6, 6.07) is 8.15. The fourth-order valence-corrected chi connectivity index (χ4v) is 3.36. The van der Waals surface area contributed by atoms with Crippen LogP contribution in [0.4, 0.5) is 0 Å². The van der Waals surface area contributed by atoms with E-state index in [1.165, 1.54) is 35.8 Å². The molecule has 0 N–H and O–H groups in total. The number of aromatic nitrogens is 2. The Morgan fingerprint density at radius 3 is 2.74 bits per heavy atom. The van der Waals surface area contributed by atoms with Gasteiger partial charge in [0.05, 0.1) is 7.11 Å². The van der Waals surface area contributed by atoms with Crippen molar-refractivity contribution in [1.82, 2.24) is 10.2 Å². The van der Waals surface area contributed by atoms with Crippen LogP contribution < -0.4 is 0 Å². The Labute approximate surface area is 120 Å². The van der Waals surface area contributed by atoms with Crippen LogP contribution >= 0.6 is 23.1 Å². The molecule has 2 rings (SSSR count). The number of thioether (sulfide) groups is 1. The smallest absolute Gasteiger partial charge is 0.319 e. The molecule has 4 nitrogen and oxygen atoms in total. The van der Waals surface area contributed by atoms with E-state index in [0.717, 1.165) is 9.90 Å². The van der Waals surface area contributed by atoms with Gasteiger partial charge in [0.25, 0.3) is 0 Å². The molecule has 1 aromatic heterocycles. The molecule has 0 bridgehead atoms. The van der Waals surface area contributed by atoms with Crippen LogP contribution in [-0.4, -0.2) is 28.5 Å². The lowest BCUT2D eigenvalue weighted by atomic mass is 10.1. The van der Waals surface area contributed by atoms with Crippen molar-refractivity contribution >= 4 is 29.1 Å². The number of methoxy groups -OCH3 is 1. The van der Waals surface area contributed by atoms with Crippen LogP contribution in [0.2, 0.25) is 0 Å². The highest BCUT2D eigenvalue weighted by atomic mass is 32.2. The number of rotatable bonds is 5. The number of esters is 1. The lowest BCUT2D eigenvalue weighted by Crippen LogP contribution is -2.21. The molecule has 6 heteroatoms. The minimum atomic E-state index is -0.291. The molecule has 19 heavy (non-hydrogen) atoms. The number of benzene rings is 1. The van der Waals surface area contributed by atoms with Gasteiger partial charge in [-0.2, -0.15) is 0 Å². The molecule has 0 aliphatic heterocycles. The summed E-state index contributed by atoms with van der Waals surface area (Å²) in [5.74, 6) is -0.235. The van der Waals surface area contributed by atoms with Gasteiger partial charge < -0.3 is 4.74 Å². The SMILES string of the molecule is COC(=O)[C@H](Cc1ccc(C)cc1)Sc1nncs1. The normalized spacial score (nSPS) is 12.1. The molecular formula is C13H14N2O2S2. The van der Waals surface area contributed by atoms with Crippen molar-refractivity contribution in [2.45, 2.75) is 22.9 Å². The standard InChI is InChI=1S/C13H14N2O2S2/c1-9-3-5-10(6-4-9)7-11(12(16)17-2)19-13-15-14-8-18-13/h3-6,8,11H,7H2,1-2H3/t11-/m0/s1. The van der Waals surface area contributed by atoms with E-state index in [1.807, 2.05) is 31.2 Å². The molecule has 0 saturated heterocycles. The molecule has 0 amide bonds. The summed E-state index contributed by atoms with van der Waals surface area (Å²) in [7, 11) is 1.41. The first kappa shape index (κ1) is 14.0. The number of aryl methyl sites for hydroxylation is 1. The van der Waals surface area contributed by atoms with Gasteiger partial charge in [0.1, 0.15) is 10.8 Å². The van der Waals surface area contributed by atoms with E-state index in [2.05, 4.69) is 10.2 Å². The summed E-state index contributed by atoms with van der Waals surface area (Å²) < 4.78 is 5.63. The van der Waals surface area contributed by atoms with Crippen molar-refractivity contribution in [2.75, 3.05) is 7.11 Å². The molecule has 100 valence electrons.